The Kier molecular flexibility index (Phi) is 5.44. The molecule has 1 aliphatic heterocycles. The van der Waals surface area contributed by atoms with Gasteiger partial charge in [0.15, 0.2) is 11.5 Å². The average molecular weight is 292 g/mol. The van der Waals surface area contributed by atoms with Crippen molar-refractivity contribution in [3.63, 3.8) is 0 Å². The fourth-order valence-electron chi connectivity index (χ4n) is 2.61. The Morgan fingerprint density at radius 2 is 1.90 bits per heavy atom. The van der Waals surface area contributed by atoms with Crippen molar-refractivity contribution in [1.82, 2.24) is 10.2 Å². The smallest absolute Gasteiger partial charge is 0.224 e. The second-order valence-corrected chi connectivity index (χ2v) is 5.51. The fourth-order valence-corrected chi connectivity index (χ4v) is 2.61. The summed E-state index contributed by atoms with van der Waals surface area (Å²) in [5.74, 6) is 1.40. The molecule has 0 radical (unpaired) electrons. The molecule has 0 saturated carbocycles. The van der Waals surface area contributed by atoms with Crippen molar-refractivity contribution >= 4 is 5.91 Å². The lowest BCUT2D eigenvalue weighted by Crippen LogP contribution is -2.43. The Labute approximate surface area is 126 Å². The predicted molar refractivity (Wildman–Crippen MR) is 81.9 cm³/mol. The highest BCUT2D eigenvalue weighted by Gasteiger charge is 2.18. The molecule has 0 aromatic heterocycles. The Morgan fingerprint density at radius 1 is 1.24 bits per heavy atom. The number of methoxy groups -OCH3 is 2. The molecule has 1 N–H and O–H groups in total. The van der Waals surface area contributed by atoms with Gasteiger partial charge in [-0.25, -0.2) is 0 Å². The van der Waals surface area contributed by atoms with Gasteiger partial charge in [-0.3, -0.25) is 4.79 Å². The number of amides is 1. The maximum absolute atomic E-state index is 12.1. The van der Waals surface area contributed by atoms with E-state index in [1.807, 2.05) is 18.2 Å². The summed E-state index contributed by atoms with van der Waals surface area (Å²) in [6, 6.07) is 5.88. The van der Waals surface area contributed by atoms with Crippen LogP contribution >= 0.6 is 0 Å². The summed E-state index contributed by atoms with van der Waals surface area (Å²) < 4.78 is 10.5. The number of hydrogen-bond donors (Lipinski definition) is 1. The highest BCUT2D eigenvalue weighted by molar-refractivity contribution is 5.79. The van der Waals surface area contributed by atoms with Crippen molar-refractivity contribution in [2.75, 3.05) is 34.4 Å². The van der Waals surface area contributed by atoms with E-state index in [0.717, 1.165) is 31.5 Å². The summed E-state index contributed by atoms with van der Waals surface area (Å²) in [7, 11) is 5.31. The van der Waals surface area contributed by atoms with Crippen molar-refractivity contribution in [3.05, 3.63) is 23.8 Å². The highest BCUT2D eigenvalue weighted by Crippen LogP contribution is 2.27. The molecule has 1 aromatic carbocycles. The van der Waals surface area contributed by atoms with Crippen LogP contribution in [0.15, 0.2) is 18.2 Å². The standard InChI is InChI=1S/C16H24N2O3/c1-18-8-6-13(7-9-18)17-16(19)11-12-4-5-14(20-2)15(10-12)21-3/h4-5,10,13H,6-9,11H2,1-3H3,(H,17,19). The largest absolute Gasteiger partial charge is 0.493 e. The number of benzene rings is 1. The van der Waals surface area contributed by atoms with Gasteiger partial charge in [0, 0.05) is 6.04 Å². The van der Waals surface area contributed by atoms with Crippen LogP contribution in [0.3, 0.4) is 0 Å². The number of rotatable bonds is 5. The van der Waals surface area contributed by atoms with E-state index >= 15 is 0 Å². The highest BCUT2D eigenvalue weighted by atomic mass is 16.5. The molecule has 0 atom stereocenters. The van der Waals surface area contributed by atoms with Gasteiger partial charge < -0.3 is 19.7 Å². The molecule has 21 heavy (non-hydrogen) atoms. The maximum Gasteiger partial charge on any atom is 0.224 e. The van der Waals surface area contributed by atoms with E-state index in [1.165, 1.54) is 0 Å². The number of likely N-dealkylation sites (tertiary alicyclic amines) is 1. The summed E-state index contributed by atoms with van der Waals surface area (Å²) in [5.41, 5.74) is 0.929. The summed E-state index contributed by atoms with van der Waals surface area (Å²) in [6.07, 6.45) is 2.41. The third-order valence-corrected chi connectivity index (χ3v) is 3.90. The van der Waals surface area contributed by atoms with E-state index < -0.39 is 0 Å². The van der Waals surface area contributed by atoms with Gasteiger partial charge in [-0.05, 0) is 50.7 Å². The SMILES string of the molecule is COc1ccc(CC(=O)NC2CCN(C)CC2)cc1OC. The molecule has 0 unspecified atom stereocenters. The van der Waals surface area contributed by atoms with Crippen molar-refractivity contribution in [3.8, 4) is 11.5 Å². The summed E-state index contributed by atoms with van der Waals surface area (Å²) >= 11 is 0. The van der Waals surface area contributed by atoms with Crippen LogP contribution in [-0.2, 0) is 11.2 Å². The zero-order valence-electron chi connectivity index (χ0n) is 13.0. The number of ether oxygens (including phenoxy) is 2. The van der Waals surface area contributed by atoms with E-state index in [2.05, 4.69) is 17.3 Å². The van der Waals surface area contributed by atoms with Gasteiger partial charge in [-0.1, -0.05) is 6.07 Å². The minimum atomic E-state index is 0.0665. The lowest BCUT2D eigenvalue weighted by atomic mass is 10.0. The van der Waals surface area contributed by atoms with Crippen LogP contribution in [0.5, 0.6) is 11.5 Å². The molecular formula is C16H24N2O3. The zero-order chi connectivity index (χ0) is 15.2. The Hall–Kier alpha value is -1.75. The number of carbonyl (C=O) groups excluding carboxylic acids is 1. The van der Waals surface area contributed by atoms with Gasteiger partial charge in [-0.2, -0.15) is 0 Å². The quantitative estimate of drug-likeness (QED) is 0.892. The third-order valence-electron chi connectivity index (χ3n) is 3.90. The molecule has 1 fully saturated rings. The van der Waals surface area contributed by atoms with Crippen LogP contribution in [-0.4, -0.2) is 51.2 Å². The maximum atomic E-state index is 12.1. The molecule has 0 spiro atoms. The van der Waals surface area contributed by atoms with E-state index in [4.69, 9.17) is 9.47 Å². The van der Waals surface area contributed by atoms with Crippen LogP contribution in [0.1, 0.15) is 18.4 Å². The Morgan fingerprint density at radius 3 is 2.52 bits per heavy atom. The molecule has 2 rings (SSSR count). The lowest BCUT2D eigenvalue weighted by molar-refractivity contribution is -0.121. The minimum Gasteiger partial charge on any atom is -0.493 e. The number of nitrogens with zero attached hydrogens (tertiary/aromatic N) is 1. The normalized spacial score (nSPS) is 16.5. The van der Waals surface area contributed by atoms with E-state index in [-0.39, 0.29) is 5.91 Å². The van der Waals surface area contributed by atoms with Crippen molar-refractivity contribution in [2.24, 2.45) is 0 Å². The van der Waals surface area contributed by atoms with Crippen molar-refractivity contribution in [2.45, 2.75) is 25.3 Å². The summed E-state index contributed by atoms with van der Waals surface area (Å²) in [4.78, 5) is 14.4. The molecule has 1 heterocycles. The van der Waals surface area contributed by atoms with E-state index in [0.29, 0.717) is 24.0 Å². The zero-order valence-corrected chi connectivity index (χ0v) is 13.0. The van der Waals surface area contributed by atoms with Crippen LogP contribution in [0.2, 0.25) is 0 Å². The van der Waals surface area contributed by atoms with Gasteiger partial charge in [0.05, 0.1) is 20.6 Å². The molecule has 0 aliphatic carbocycles. The number of carbonyl (C=O) groups is 1. The molecule has 1 aliphatic rings. The average Bonchev–Trinajstić information content (AvgIpc) is 2.49. The Balaban J connectivity index is 1.90. The van der Waals surface area contributed by atoms with Gasteiger partial charge in [0.1, 0.15) is 0 Å². The van der Waals surface area contributed by atoms with Crippen LogP contribution in [0.25, 0.3) is 0 Å². The summed E-state index contributed by atoms with van der Waals surface area (Å²) in [5, 5.41) is 3.12. The molecular weight excluding hydrogens is 268 g/mol. The molecule has 1 amide bonds. The third kappa shape index (κ3) is 4.36. The number of nitrogens with one attached hydrogen (secondary N) is 1. The second kappa shape index (κ2) is 7.31. The predicted octanol–water partition coefficient (Wildman–Crippen LogP) is 1.46. The van der Waals surface area contributed by atoms with Gasteiger partial charge in [0.2, 0.25) is 5.91 Å². The molecule has 1 saturated heterocycles. The minimum absolute atomic E-state index is 0.0665. The van der Waals surface area contributed by atoms with Crippen LogP contribution in [0, 0.1) is 0 Å². The summed E-state index contributed by atoms with van der Waals surface area (Å²) in [6.45, 7) is 2.09. The number of hydrogen-bond acceptors (Lipinski definition) is 4. The van der Waals surface area contributed by atoms with Crippen molar-refractivity contribution in [1.29, 1.82) is 0 Å². The number of piperidine rings is 1. The van der Waals surface area contributed by atoms with E-state index in [1.54, 1.807) is 14.2 Å². The molecule has 5 heteroatoms. The first-order chi connectivity index (χ1) is 10.1. The molecule has 0 bridgehead atoms. The van der Waals surface area contributed by atoms with Gasteiger partial charge in [0.25, 0.3) is 0 Å². The first-order valence-corrected chi connectivity index (χ1v) is 7.31. The molecule has 116 valence electrons. The molecule has 1 aromatic rings. The van der Waals surface area contributed by atoms with E-state index in [9.17, 15) is 4.79 Å². The van der Waals surface area contributed by atoms with Gasteiger partial charge >= 0.3 is 0 Å². The Bertz CT molecular complexity index is 482. The fraction of sp³-hybridized carbons (Fsp3) is 0.562. The molecule has 5 nitrogen and oxygen atoms in total. The van der Waals surface area contributed by atoms with Gasteiger partial charge in [-0.15, -0.1) is 0 Å². The second-order valence-electron chi connectivity index (χ2n) is 5.51. The lowest BCUT2D eigenvalue weighted by Gasteiger charge is -2.29. The first kappa shape index (κ1) is 15.6. The topological polar surface area (TPSA) is 50.8 Å². The van der Waals surface area contributed by atoms with Crippen LogP contribution in [0.4, 0.5) is 0 Å². The van der Waals surface area contributed by atoms with Crippen molar-refractivity contribution < 1.29 is 14.3 Å². The first-order valence-electron chi connectivity index (χ1n) is 7.31. The van der Waals surface area contributed by atoms with Crippen LogP contribution < -0.4 is 14.8 Å². The monoisotopic (exact) mass is 292 g/mol.